The van der Waals surface area contributed by atoms with E-state index in [0.29, 0.717) is 15.8 Å². The van der Waals surface area contributed by atoms with Gasteiger partial charge in [0.25, 0.3) is 0 Å². The molecule has 0 fully saturated rings. The Labute approximate surface area is 177 Å². The van der Waals surface area contributed by atoms with Crippen LogP contribution in [0.25, 0.3) is 21.3 Å². The second-order valence-electron chi connectivity index (χ2n) is 5.87. The van der Waals surface area contributed by atoms with E-state index in [0.717, 1.165) is 0 Å². The molecule has 0 radical (unpaired) electrons. The first-order valence-electron chi connectivity index (χ1n) is 7.95. The van der Waals surface area contributed by atoms with E-state index in [1.807, 2.05) is 5.53 Å². The summed E-state index contributed by atoms with van der Waals surface area (Å²) in [6, 6.07) is 7.90. The summed E-state index contributed by atoms with van der Waals surface area (Å²) in [6.45, 7) is 0. The summed E-state index contributed by atoms with van der Waals surface area (Å²) in [6.07, 6.45) is 0. The van der Waals surface area contributed by atoms with Crippen molar-refractivity contribution in [1.82, 2.24) is 10.5 Å². The topological polar surface area (TPSA) is 242 Å². The summed E-state index contributed by atoms with van der Waals surface area (Å²) in [4.78, 5) is 3.57. The van der Waals surface area contributed by atoms with E-state index < -0.39 is 25.9 Å². The van der Waals surface area contributed by atoms with Crippen LogP contribution in [-0.4, -0.2) is 29.3 Å². The van der Waals surface area contributed by atoms with Crippen LogP contribution in [0, 0.1) is 5.41 Å². The van der Waals surface area contributed by atoms with Gasteiger partial charge in [0, 0.05) is 11.1 Å². The molecule has 1 unspecified atom stereocenters. The minimum atomic E-state index is -4.44. The summed E-state index contributed by atoms with van der Waals surface area (Å²) in [7, 11) is -6.63. The van der Waals surface area contributed by atoms with Gasteiger partial charge in [-0.3, -0.25) is 5.41 Å². The Morgan fingerprint density at radius 3 is 2.47 bits per heavy atom. The second kappa shape index (κ2) is 8.05. The number of primary sulfonamides is 1. The molecule has 15 heteroatoms. The van der Waals surface area contributed by atoms with Crippen molar-refractivity contribution < 1.29 is 12.6 Å². The third kappa shape index (κ3) is 3.89. The average molecular weight is 468 g/mol. The maximum atomic E-state index is 12.4. The number of hydrazine groups is 1. The molecule has 3 aromatic rings. The number of benzene rings is 2. The van der Waals surface area contributed by atoms with Crippen LogP contribution in [0.3, 0.4) is 0 Å². The minimum absolute atomic E-state index is 0.142. The van der Waals surface area contributed by atoms with Gasteiger partial charge in [0.2, 0.25) is 10.0 Å². The first-order valence-corrected chi connectivity index (χ1v) is 11.5. The summed E-state index contributed by atoms with van der Waals surface area (Å²) < 4.78 is 37.5. The summed E-state index contributed by atoms with van der Waals surface area (Å²) in [5, 5.41) is 22.4. The zero-order valence-electron chi connectivity index (χ0n) is 15.1. The SMILES string of the molecule is N=C(N)c1nc2c(-c3ccc(S(N)=O)c(S(N)(=O)=O)c3/C(N)=N/NN)cccc2s1. The molecule has 12 nitrogen and oxygen atoms in total. The average Bonchev–Trinajstić information content (AvgIpc) is 3.11. The van der Waals surface area contributed by atoms with E-state index in [-0.39, 0.29) is 32.7 Å². The molecular formula is C15H17N9O3S3. The van der Waals surface area contributed by atoms with E-state index >= 15 is 0 Å². The van der Waals surface area contributed by atoms with E-state index in [1.54, 1.807) is 18.2 Å². The molecule has 12 N–H and O–H groups in total. The third-order valence-electron chi connectivity index (χ3n) is 4.00. The van der Waals surface area contributed by atoms with Gasteiger partial charge in [0.15, 0.2) is 16.7 Å². The quantitative estimate of drug-likeness (QED) is 0.102. The van der Waals surface area contributed by atoms with Gasteiger partial charge in [0.1, 0.15) is 15.9 Å². The number of aromatic nitrogens is 1. The smallest absolute Gasteiger partial charge is 0.240 e. The van der Waals surface area contributed by atoms with Crippen LogP contribution in [0.15, 0.2) is 45.2 Å². The Morgan fingerprint density at radius 2 is 1.90 bits per heavy atom. The first kappa shape index (κ1) is 21.8. The molecule has 0 aliphatic carbocycles. The van der Waals surface area contributed by atoms with Crippen molar-refractivity contribution in [3.05, 3.63) is 40.9 Å². The largest absolute Gasteiger partial charge is 0.382 e. The van der Waals surface area contributed by atoms with Crippen molar-refractivity contribution in [3.8, 4) is 11.1 Å². The number of rotatable bonds is 6. The number of thiazole rings is 1. The van der Waals surface area contributed by atoms with E-state index in [1.165, 1.54) is 23.5 Å². The number of nitrogen functional groups attached to an aromatic ring is 1. The Morgan fingerprint density at radius 1 is 1.20 bits per heavy atom. The third-order valence-corrected chi connectivity index (χ3v) is 6.95. The zero-order chi connectivity index (χ0) is 22.2. The maximum Gasteiger partial charge on any atom is 0.240 e. The predicted molar refractivity (Wildman–Crippen MR) is 116 cm³/mol. The molecule has 0 spiro atoms. The Kier molecular flexibility index (Phi) is 5.84. The van der Waals surface area contributed by atoms with Gasteiger partial charge in [-0.25, -0.2) is 39.3 Å². The van der Waals surface area contributed by atoms with Gasteiger partial charge in [-0.1, -0.05) is 18.2 Å². The summed E-state index contributed by atoms with van der Waals surface area (Å²) in [5.41, 5.74) is 14.6. The molecule has 2 aromatic carbocycles. The number of sulfonamides is 1. The normalized spacial score (nSPS) is 13.4. The number of hydrogen-bond acceptors (Lipinski definition) is 9. The highest BCUT2D eigenvalue weighted by Gasteiger charge is 2.28. The van der Waals surface area contributed by atoms with Crippen LogP contribution in [0.2, 0.25) is 0 Å². The monoisotopic (exact) mass is 467 g/mol. The summed E-state index contributed by atoms with van der Waals surface area (Å²) >= 11 is 1.19. The highest BCUT2D eigenvalue weighted by Crippen LogP contribution is 2.37. The second-order valence-corrected chi connectivity index (χ2v) is 9.43. The van der Waals surface area contributed by atoms with Gasteiger partial charge in [-0.05, 0) is 17.7 Å². The Bertz CT molecular complexity index is 1330. The zero-order valence-corrected chi connectivity index (χ0v) is 17.6. The molecule has 1 heterocycles. The lowest BCUT2D eigenvalue weighted by atomic mass is 9.98. The molecule has 158 valence electrons. The number of nitrogens with two attached hydrogens (primary N) is 5. The fourth-order valence-electron chi connectivity index (χ4n) is 2.89. The van der Waals surface area contributed by atoms with Crippen LogP contribution in [0.1, 0.15) is 10.6 Å². The van der Waals surface area contributed by atoms with Crippen molar-refractivity contribution in [2.45, 2.75) is 9.79 Å². The van der Waals surface area contributed by atoms with Crippen molar-refractivity contribution in [2.75, 3.05) is 0 Å². The van der Waals surface area contributed by atoms with E-state index in [2.05, 4.69) is 10.1 Å². The van der Waals surface area contributed by atoms with E-state index in [4.69, 9.17) is 33.0 Å². The lowest BCUT2D eigenvalue weighted by molar-refractivity contribution is 0.594. The van der Waals surface area contributed by atoms with Gasteiger partial charge < -0.3 is 11.5 Å². The number of para-hydroxylation sites is 1. The molecule has 0 aliphatic heterocycles. The van der Waals surface area contributed by atoms with Crippen molar-refractivity contribution in [2.24, 2.45) is 32.7 Å². The molecule has 0 amide bonds. The molecule has 0 saturated heterocycles. The maximum absolute atomic E-state index is 12.4. The summed E-state index contributed by atoms with van der Waals surface area (Å²) in [5.74, 6) is 4.66. The number of nitrogens with zero attached hydrogens (tertiary/aromatic N) is 2. The molecular weight excluding hydrogens is 450 g/mol. The Hall–Kier alpha value is -2.95. The standard InChI is InChI=1S/C15H17N9O3S3/c16-13(17)15-22-11-7(2-1-3-8(11)28-15)6-4-5-9(29(20)25)12(30(21,26)27)10(6)14(18)23-24-19/h1-5,24H,19-20H2,(H3,16,17)(H2,18,23)(H2,21,26,27). The molecule has 1 atom stereocenters. The van der Waals surface area contributed by atoms with Gasteiger partial charge in [0.05, 0.1) is 15.1 Å². The van der Waals surface area contributed by atoms with Crippen LogP contribution < -0.4 is 33.1 Å². The number of nitrogens with one attached hydrogen (secondary N) is 2. The lowest BCUT2D eigenvalue weighted by Crippen LogP contribution is -2.28. The highest BCUT2D eigenvalue weighted by molar-refractivity contribution is 7.90. The first-order chi connectivity index (χ1) is 14.1. The number of hydrogen-bond donors (Lipinski definition) is 7. The van der Waals surface area contributed by atoms with Gasteiger partial charge >= 0.3 is 0 Å². The number of amidine groups is 2. The molecule has 0 aliphatic rings. The molecule has 30 heavy (non-hydrogen) atoms. The molecule has 0 bridgehead atoms. The molecule has 1 aromatic heterocycles. The van der Waals surface area contributed by atoms with Gasteiger partial charge in [-0.2, -0.15) is 0 Å². The van der Waals surface area contributed by atoms with Crippen LogP contribution in [0.4, 0.5) is 0 Å². The van der Waals surface area contributed by atoms with Crippen molar-refractivity contribution in [3.63, 3.8) is 0 Å². The fraction of sp³-hybridized carbons (Fsp3) is 0. The van der Waals surface area contributed by atoms with Crippen molar-refractivity contribution in [1.29, 1.82) is 5.41 Å². The highest BCUT2D eigenvalue weighted by atomic mass is 32.2. The van der Waals surface area contributed by atoms with E-state index in [9.17, 15) is 12.6 Å². The van der Waals surface area contributed by atoms with Crippen LogP contribution >= 0.6 is 11.3 Å². The van der Waals surface area contributed by atoms with Crippen LogP contribution in [0.5, 0.6) is 0 Å². The van der Waals surface area contributed by atoms with Gasteiger partial charge in [-0.15, -0.1) is 16.4 Å². The number of hydrazone groups is 1. The predicted octanol–water partition coefficient (Wildman–Crippen LogP) is -1.04. The lowest BCUT2D eigenvalue weighted by Gasteiger charge is -2.16. The minimum Gasteiger partial charge on any atom is -0.382 e. The molecule has 0 saturated carbocycles. The number of fused-ring (bicyclic) bond motifs is 1. The fourth-order valence-corrected chi connectivity index (χ4v) is 5.67. The molecule has 3 rings (SSSR count). The Balaban J connectivity index is 2.50. The van der Waals surface area contributed by atoms with Crippen molar-refractivity contribution >= 4 is 54.2 Å². The van der Waals surface area contributed by atoms with Crippen LogP contribution in [-0.2, 0) is 21.0 Å².